The van der Waals surface area contributed by atoms with Crippen molar-refractivity contribution in [2.75, 3.05) is 13.1 Å². The lowest BCUT2D eigenvalue weighted by atomic mass is 10.3. The van der Waals surface area contributed by atoms with Crippen molar-refractivity contribution in [1.29, 1.82) is 0 Å². The zero-order chi connectivity index (χ0) is 6.85. The zero-order valence-electron chi connectivity index (χ0n) is 6.10. The number of nitrogens with zero attached hydrogens (tertiary/aromatic N) is 1. The quantitative estimate of drug-likeness (QED) is 0.499. The van der Waals surface area contributed by atoms with Gasteiger partial charge in [-0.1, -0.05) is 22.6 Å². The monoisotopic (exact) mass is 239 g/mol. The molecule has 54 valence electrons. The van der Waals surface area contributed by atoms with Gasteiger partial charge in [0.2, 0.25) is 0 Å². The molecule has 2 heteroatoms. The van der Waals surface area contributed by atoms with Crippen LogP contribution in [0, 0.1) is 0 Å². The highest BCUT2D eigenvalue weighted by Crippen LogP contribution is 2.18. The van der Waals surface area contributed by atoms with Crippen molar-refractivity contribution in [3.63, 3.8) is 0 Å². The van der Waals surface area contributed by atoms with Gasteiger partial charge in [-0.25, -0.2) is 0 Å². The lowest BCUT2D eigenvalue weighted by Gasteiger charge is -2.18. The van der Waals surface area contributed by atoms with Crippen LogP contribution in [0.15, 0.2) is 0 Å². The molecule has 1 aliphatic heterocycles. The van der Waals surface area contributed by atoms with E-state index in [0.29, 0.717) is 0 Å². The van der Waals surface area contributed by atoms with E-state index >= 15 is 0 Å². The average Bonchev–Trinajstić information content (AvgIpc) is 2.14. The summed E-state index contributed by atoms with van der Waals surface area (Å²) in [7, 11) is 0. The van der Waals surface area contributed by atoms with Gasteiger partial charge in [0.25, 0.3) is 0 Å². The molecule has 0 radical (unpaired) electrons. The van der Waals surface area contributed by atoms with Gasteiger partial charge in [-0.2, -0.15) is 0 Å². The Labute approximate surface area is 70.9 Å². The maximum Gasteiger partial charge on any atom is 0.0249 e. The Morgan fingerprint density at radius 3 is 2.44 bits per heavy atom. The van der Waals surface area contributed by atoms with Crippen molar-refractivity contribution in [3.8, 4) is 0 Å². The molecule has 1 atom stereocenters. The van der Waals surface area contributed by atoms with Gasteiger partial charge >= 0.3 is 0 Å². The van der Waals surface area contributed by atoms with Crippen LogP contribution in [0.4, 0.5) is 0 Å². The Bertz CT molecular complexity index is 92.9. The lowest BCUT2D eigenvalue weighted by Crippen LogP contribution is -2.28. The molecular weight excluding hydrogens is 225 g/mol. The van der Waals surface area contributed by atoms with Crippen molar-refractivity contribution >= 4 is 22.6 Å². The standard InChI is InChI=1S/C7H14IN/c1-6(2)9-4-3-7(8)5-9/h6-7H,3-5H2,1-2H3/t7-/m1/s1. The zero-order valence-corrected chi connectivity index (χ0v) is 8.26. The Kier molecular flexibility index (Phi) is 2.76. The van der Waals surface area contributed by atoms with E-state index in [9.17, 15) is 0 Å². The third-order valence-corrected chi connectivity index (χ3v) is 2.91. The molecule has 0 aromatic carbocycles. The van der Waals surface area contributed by atoms with Gasteiger partial charge in [-0.3, -0.25) is 4.90 Å². The number of alkyl halides is 1. The second-order valence-corrected chi connectivity index (χ2v) is 4.74. The van der Waals surface area contributed by atoms with Crippen LogP contribution in [-0.4, -0.2) is 28.0 Å². The van der Waals surface area contributed by atoms with Gasteiger partial charge < -0.3 is 0 Å². The fourth-order valence-electron chi connectivity index (χ4n) is 1.21. The number of hydrogen-bond acceptors (Lipinski definition) is 1. The second kappa shape index (κ2) is 3.19. The van der Waals surface area contributed by atoms with Crippen LogP contribution >= 0.6 is 22.6 Å². The first kappa shape index (κ1) is 7.79. The summed E-state index contributed by atoms with van der Waals surface area (Å²) in [5.41, 5.74) is 0. The SMILES string of the molecule is CC(C)N1CC[C@@H](I)C1. The molecule has 1 fully saturated rings. The first-order valence-corrected chi connectivity index (χ1v) is 4.83. The van der Waals surface area contributed by atoms with Crippen molar-refractivity contribution in [1.82, 2.24) is 4.90 Å². The highest BCUT2D eigenvalue weighted by Gasteiger charge is 2.21. The third-order valence-electron chi connectivity index (χ3n) is 1.89. The van der Waals surface area contributed by atoms with Gasteiger partial charge in [0.05, 0.1) is 0 Å². The molecule has 0 N–H and O–H groups in total. The van der Waals surface area contributed by atoms with Gasteiger partial charge in [0, 0.05) is 16.5 Å². The maximum atomic E-state index is 2.54. The van der Waals surface area contributed by atoms with Crippen molar-refractivity contribution in [2.45, 2.75) is 30.2 Å². The van der Waals surface area contributed by atoms with Crippen LogP contribution < -0.4 is 0 Å². The summed E-state index contributed by atoms with van der Waals surface area (Å²) in [4.78, 5) is 2.54. The van der Waals surface area contributed by atoms with Gasteiger partial charge in [-0.15, -0.1) is 0 Å². The Morgan fingerprint density at radius 2 is 2.22 bits per heavy atom. The predicted octanol–water partition coefficient (Wildman–Crippen LogP) is 1.90. The molecule has 0 unspecified atom stereocenters. The smallest absolute Gasteiger partial charge is 0.0249 e. The predicted molar refractivity (Wildman–Crippen MR) is 49.1 cm³/mol. The molecule has 0 aliphatic carbocycles. The molecule has 1 nitrogen and oxygen atoms in total. The maximum absolute atomic E-state index is 2.54. The van der Waals surface area contributed by atoms with E-state index in [4.69, 9.17) is 0 Å². The van der Waals surface area contributed by atoms with Crippen molar-refractivity contribution in [3.05, 3.63) is 0 Å². The minimum absolute atomic E-state index is 0.754. The molecule has 0 aromatic rings. The Balaban J connectivity index is 2.30. The Hall–Kier alpha value is 0.690. The summed E-state index contributed by atoms with van der Waals surface area (Å²) in [6.07, 6.45) is 1.39. The number of rotatable bonds is 1. The summed E-state index contributed by atoms with van der Waals surface area (Å²) in [6.45, 7) is 7.16. The third kappa shape index (κ3) is 2.08. The number of halogens is 1. The number of likely N-dealkylation sites (tertiary alicyclic amines) is 1. The highest BCUT2D eigenvalue weighted by molar-refractivity contribution is 14.1. The topological polar surface area (TPSA) is 3.24 Å². The summed E-state index contributed by atoms with van der Waals surface area (Å²) in [5.74, 6) is 0. The van der Waals surface area contributed by atoms with Crippen molar-refractivity contribution in [2.24, 2.45) is 0 Å². The van der Waals surface area contributed by atoms with Crippen molar-refractivity contribution < 1.29 is 0 Å². The fraction of sp³-hybridized carbons (Fsp3) is 1.00. The minimum atomic E-state index is 0.754. The van der Waals surface area contributed by atoms with Gasteiger partial charge in [0.1, 0.15) is 0 Å². The summed E-state index contributed by atoms with van der Waals surface area (Å²) in [6, 6.07) is 0.754. The van der Waals surface area contributed by atoms with Crippen LogP contribution in [-0.2, 0) is 0 Å². The average molecular weight is 239 g/mol. The van der Waals surface area contributed by atoms with E-state index in [1.807, 2.05) is 0 Å². The Morgan fingerprint density at radius 1 is 1.56 bits per heavy atom. The molecule has 0 amide bonds. The molecule has 0 saturated carbocycles. The van der Waals surface area contributed by atoms with Crippen LogP contribution in [0.2, 0.25) is 0 Å². The van der Waals surface area contributed by atoms with E-state index in [-0.39, 0.29) is 0 Å². The largest absolute Gasteiger partial charge is 0.300 e. The molecule has 0 spiro atoms. The molecule has 1 heterocycles. The van der Waals surface area contributed by atoms with Gasteiger partial charge in [-0.05, 0) is 26.8 Å². The molecule has 1 saturated heterocycles. The van der Waals surface area contributed by atoms with E-state index in [1.54, 1.807) is 0 Å². The van der Waals surface area contributed by atoms with Crippen LogP contribution in [0.1, 0.15) is 20.3 Å². The molecule has 1 aliphatic rings. The van der Waals surface area contributed by atoms with E-state index in [2.05, 4.69) is 41.3 Å². The second-order valence-electron chi connectivity index (χ2n) is 2.97. The molecule has 0 bridgehead atoms. The van der Waals surface area contributed by atoms with Crippen LogP contribution in [0.5, 0.6) is 0 Å². The number of hydrogen-bond donors (Lipinski definition) is 0. The molecule has 9 heavy (non-hydrogen) atoms. The fourth-order valence-corrected chi connectivity index (χ4v) is 2.00. The minimum Gasteiger partial charge on any atom is -0.300 e. The van der Waals surface area contributed by atoms with E-state index < -0.39 is 0 Å². The first-order chi connectivity index (χ1) is 4.20. The summed E-state index contributed by atoms with van der Waals surface area (Å²) >= 11 is 2.54. The first-order valence-electron chi connectivity index (χ1n) is 3.58. The lowest BCUT2D eigenvalue weighted by molar-refractivity contribution is 0.277. The highest BCUT2D eigenvalue weighted by atomic mass is 127. The van der Waals surface area contributed by atoms with E-state index in [1.165, 1.54) is 19.5 Å². The normalized spacial score (nSPS) is 30.0. The van der Waals surface area contributed by atoms with Crippen LogP contribution in [0.25, 0.3) is 0 Å². The molecular formula is C7H14IN. The summed E-state index contributed by atoms with van der Waals surface area (Å²) in [5, 5.41) is 0. The molecule has 1 rings (SSSR count). The van der Waals surface area contributed by atoms with Gasteiger partial charge in [0.15, 0.2) is 0 Å². The van der Waals surface area contributed by atoms with Crippen LogP contribution in [0.3, 0.4) is 0 Å². The molecule has 0 aromatic heterocycles. The van der Waals surface area contributed by atoms with E-state index in [0.717, 1.165) is 9.97 Å². The summed E-state index contributed by atoms with van der Waals surface area (Å²) < 4.78 is 0.907.